The first kappa shape index (κ1) is 91.3. The number of phenols is 3. The first-order chi connectivity index (χ1) is 48.2. The zero-order valence-electron chi connectivity index (χ0n) is 57.4. The summed E-state index contributed by atoms with van der Waals surface area (Å²) in [5.41, 5.74) is 25.8. The van der Waals surface area contributed by atoms with Crippen molar-refractivity contribution < 1.29 is 176 Å². The number of methoxy groups -OCH3 is 5. The molecule has 6 saturated heterocycles. The molecule has 591 valence electrons. The molecule has 3 aromatic rings. The van der Waals surface area contributed by atoms with Crippen molar-refractivity contribution in [2.75, 3.05) is 75.2 Å². The van der Waals surface area contributed by atoms with Crippen LogP contribution in [0.1, 0.15) is 42.8 Å². The number of nitrogens with two attached hydrogens (primary N) is 4. The van der Waals surface area contributed by atoms with Gasteiger partial charge >= 0.3 is 0 Å². The summed E-state index contributed by atoms with van der Waals surface area (Å²) in [5, 5.41) is 155. The van der Waals surface area contributed by atoms with E-state index >= 15 is 0 Å². The van der Waals surface area contributed by atoms with E-state index in [0.29, 0.717) is 28.7 Å². The molecule has 0 amide bonds. The molecule has 1 radical (unpaired) electrons. The van der Waals surface area contributed by atoms with Crippen LogP contribution in [0.2, 0.25) is 0 Å². The van der Waals surface area contributed by atoms with E-state index in [4.69, 9.17) is 99.1 Å². The van der Waals surface area contributed by atoms with Crippen LogP contribution < -0.4 is 37.1 Å². The number of hydrogen-bond donors (Lipinski definition) is 19. The van der Waals surface area contributed by atoms with Crippen molar-refractivity contribution in [2.45, 2.75) is 193 Å². The maximum Gasteiger partial charge on any atom is 0.183 e. The molecule has 30 atom stereocenters. The van der Waals surface area contributed by atoms with E-state index in [-0.39, 0.29) is 60.2 Å². The van der Waals surface area contributed by atoms with E-state index < -0.39 is 223 Å². The summed E-state index contributed by atoms with van der Waals surface area (Å²) in [4.78, 5) is 19.3. The third kappa shape index (κ3) is 21.4. The number of aliphatic hydroxyl groups excluding tert-OH is 12. The van der Waals surface area contributed by atoms with Crippen LogP contribution in [0.3, 0.4) is 0 Å². The van der Waals surface area contributed by atoms with Gasteiger partial charge in [0.15, 0.2) is 72.2 Å². The van der Waals surface area contributed by atoms with Crippen molar-refractivity contribution in [3.05, 3.63) is 71.3 Å². The quantitative estimate of drug-likeness (QED) is 0.0293. The second-order valence-electron chi connectivity index (χ2n) is 24.6. The van der Waals surface area contributed by atoms with Gasteiger partial charge in [0.05, 0.1) is 110 Å². The van der Waals surface area contributed by atoms with Gasteiger partial charge in [-0.05, 0) is 65.7 Å². The van der Waals surface area contributed by atoms with Crippen LogP contribution in [0, 0.1) is 11.8 Å². The van der Waals surface area contributed by atoms with Gasteiger partial charge < -0.3 is 176 Å². The Balaban J connectivity index is 0.000000398. The fourth-order valence-corrected chi connectivity index (χ4v) is 12.1. The summed E-state index contributed by atoms with van der Waals surface area (Å²) >= 11 is 0. The number of aliphatic hydroxyl groups is 12. The number of phenolic OH excluding ortho intramolecular Hbond substituents is 3. The first-order valence-corrected chi connectivity index (χ1v) is 32.2. The molecule has 0 aromatic heterocycles. The number of ether oxygens (including phenoxy) is 15. The minimum atomic E-state index is -1.63. The molecule has 0 bridgehead atoms. The molecule has 6 aliphatic heterocycles. The predicted molar refractivity (Wildman–Crippen MR) is 357 cm³/mol. The number of carbonyl (C=O) groups excluding carboxylic acids is 1. The second kappa shape index (κ2) is 42.6. The molecule has 30 unspecified atom stereocenters. The van der Waals surface area contributed by atoms with Gasteiger partial charge in [0, 0.05) is 62.6 Å². The topological polar surface area (TPSA) is 619 Å². The minimum absolute atomic E-state index is 0. The van der Waals surface area contributed by atoms with Crippen molar-refractivity contribution in [3.8, 4) is 34.5 Å². The molecule has 3 aromatic carbocycles. The van der Waals surface area contributed by atoms with E-state index in [1.807, 2.05) is 0 Å². The van der Waals surface area contributed by atoms with E-state index in [1.54, 1.807) is 19.9 Å². The molecule has 0 aliphatic carbocycles. The average molecular weight is 1530 g/mol. The van der Waals surface area contributed by atoms with Crippen molar-refractivity contribution >= 4 is 18.7 Å². The van der Waals surface area contributed by atoms with Gasteiger partial charge in [-0.1, -0.05) is 21.3 Å². The monoisotopic (exact) mass is 1530 g/mol. The molecule has 9 rings (SSSR count). The molecule has 39 heteroatoms. The molecule has 6 aliphatic rings. The van der Waals surface area contributed by atoms with Crippen LogP contribution in [-0.4, -0.2) is 348 Å². The standard InChI is InChI=1S/C36H51N3O16.C20H39N3O12.C8H8O3.CH4.H2O.V/c1-16-23(13-40)51-34(26(37)29(16)45)54-32-25(15-42)53-36(28(31(32)47)39-12-18-6-8-20(44)22(10-18)49-3)55-33-24(14-41)52-35(50-4)27(30(33)46)38-11-17-5-7-19(43)21(9-17)48-2;1-6-7(3-24)31-19(10(21)13(6)27)34-17-9(5-26)33-20(12(23)15(17)29)35-16-8(4-25)32-18(30-2)11(22)14(16)28;1-11-8-4-6(5-9)2-3-7(8)10;;;/h5-12,16,23-36,40-47H,13-15,37H2,1-4H3;6-20,24-29H,3-5,21-23H2,1-2H3;2-5,10H,1H3;1H4;1H2;. The fourth-order valence-electron chi connectivity index (χ4n) is 12.1. The van der Waals surface area contributed by atoms with E-state index in [2.05, 4.69) is 9.98 Å². The summed E-state index contributed by atoms with van der Waals surface area (Å²) < 4.78 is 84.5. The number of nitrogens with zero attached hydrogens (tertiary/aromatic N) is 2. The van der Waals surface area contributed by atoms with Gasteiger partial charge in [0.25, 0.3) is 0 Å². The molecule has 6 heterocycles. The van der Waals surface area contributed by atoms with Gasteiger partial charge in [0.2, 0.25) is 0 Å². The predicted octanol–water partition coefficient (Wildman–Crippen LogP) is -6.72. The molecule has 104 heavy (non-hydrogen) atoms. The van der Waals surface area contributed by atoms with Gasteiger partial charge in [-0.15, -0.1) is 0 Å². The van der Waals surface area contributed by atoms with Crippen LogP contribution >= 0.6 is 0 Å². The van der Waals surface area contributed by atoms with Crippen LogP contribution in [0.15, 0.2) is 64.6 Å². The third-order valence-corrected chi connectivity index (χ3v) is 18.3. The minimum Gasteiger partial charge on any atom is -0.504 e. The Labute approximate surface area is 611 Å². The van der Waals surface area contributed by atoms with Gasteiger partial charge in [-0.2, -0.15) is 0 Å². The Hall–Kier alpha value is -5.11. The van der Waals surface area contributed by atoms with Crippen LogP contribution in [-0.2, 0) is 75.4 Å². The Morgan fingerprint density at radius 3 is 1.01 bits per heavy atom. The zero-order valence-corrected chi connectivity index (χ0v) is 58.8. The van der Waals surface area contributed by atoms with Gasteiger partial charge in [-0.3, -0.25) is 14.8 Å². The van der Waals surface area contributed by atoms with Crippen molar-refractivity contribution in [1.82, 2.24) is 0 Å². The maximum absolute atomic E-state index is 11.9. The fraction of sp³-hybridized carbons (Fsp3) is 0.677. The van der Waals surface area contributed by atoms with Crippen LogP contribution in [0.5, 0.6) is 34.5 Å². The summed E-state index contributed by atoms with van der Waals surface area (Å²) in [6.45, 7) is -0.0703. The zero-order chi connectivity index (χ0) is 74.3. The molecule has 6 fully saturated rings. The number of aromatic hydroxyl groups is 3. The summed E-state index contributed by atoms with van der Waals surface area (Å²) in [7, 11) is 6.86. The first-order valence-electron chi connectivity index (χ1n) is 32.2. The van der Waals surface area contributed by atoms with E-state index in [1.165, 1.54) is 96.5 Å². The van der Waals surface area contributed by atoms with Gasteiger partial charge in [-0.25, -0.2) is 0 Å². The number of aliphatic imine (C=N–C) groups is 2. The Morgan fingerprint density at radius 2 is 0.673 bits per heavy atom. The van der Waals surface area contributed by atoms with Crippen molar-refractivity contribution in [1.29, 1.82) is 0 Å². The summed E-state index contributed by atoms with van der Waals surface area (Å²) in [6.07, 6.45) is -23.9. The number of aldehydes is 1. The van der Waals surface area contributed by atoms with E-state index in [0.717, 1.165) is 0 Å². The normalized spacial score (nSPS) is 37.8. The Kier molecular flexibility index (Phi) is 37.4. The molecule has 25 N–H and O–H groups in total. The SMILES string of the molecule is C.COC1OC(CO)C(OC2OC(CO)C(OC3OC(CO)C(C)C(O)C3N)C(O)C2N)C(O)C1N.COc1cc(C=NC2C(OC3C(CO)OC(OC)C(N=Cc4ccc(O)c(OC)c4)C3O)OC(CO)C(OC3OC(CO)C(C)C(O)C3N)C2O)ccc1O.COc1cc(C=O)ccc1O.O.[V]. The Morgan fingerprint density at radius 1 is 0.404 bits per heavy atom. The third-order valence-electron chi connectivity index (χ3n) is 18.3. The molecule has 0 spiro atoms. The smallest absolute Gasteiger partial charge is 0.183 e. The second-order valence-corrected chi connectivity index (χ2v) is 24.6. The number of benzene rings is 3. The molecule has 38 nitrogen and oxygen atoms in total. The largest absolute Gasteiger partial charge is 0.504 e. The summed E-state index contributed by atoms with van der Waals surface area (Å²) in [5.74, 6) is -0.535. The number of hydrogen-bond acceptors (Lipinski definition) is 37. The van der Waals surface area contributed by atoms with Gasteiger partial charge in [0.1, 0.15) is 91.6 Å². The van der Waals surface area contributed by atoms with Crippen LogP contribution in [0.4, 0.5) is 0 Å². The molecular weight excluding hydrogens is 1430 g/mol. The average Bonchev–Trinajstić information content (AvgIpc) is 0.765. The summed E-state index contributed by atoms with van der Waals surface area (Å²) in [6, 6.07) is 6.41. The van der Waals surface area contributed by atoms with Crippen molar-refractivity contribution in [3.63, 3.8) is 0 Å². The number of carbonyl (C=O) groups is 1. The van der Waals surface area contributed by atoms with Crippen molar-refractivity contribution in [2.24, 2.45) is 44.8 Å². The van der Waals surface area contributed by atoms with E-state index in [9.17, 15) is 76.3 Å². The maximum atomic E-state index is 11.9. The number of rotatable bonds is 24. The Bertz CT molecular complexity index is 3080. The van der Waals surface area contributed by atoms with Crippen LogP contribution in [0.25, 0.3) is 0 Å². The molecule has 0 saturated carbocycles. The molecular formula is C65H104N6O32V.